The van der Waals surface area contributed by atoms with Crippen LogP contribution in [0.4, 0.5) is 10.9 Å². The van der Waals surface area contributed by atoms with Crippen LogP contribution in [0.5, 0.6) is 0 Å². The number of amides is 1. The summed E-state index contributed by atoms with van der Waals surface area (Å²) in [5, 5.41) is 10.9. The molecule has 146 valence electrons. The van der Waals surface area contributed by atoms with Crippen molar-refractivity contribution < 1.29 is 4.79 Å². The van der Waals surface area contributed by atoms with Gasteiger partial charge in [0.2, 0.25) is 11.0 Å². The Kier molecular flexibility index (Phi) is 6.33. The van der Waals surface area contributed by atoms with E-state index in [2.05, 4.69) is 59.1 Å². The third-order valence-corrected chi connectivity index (χ3v) is 5.13. The summed E-state index contributed by atoms with van der Waals surface area (Å²) in [6, 6.07) is 2.11. The summed E-state index contributed by atoms with van der Waals surface area (Å²) in [6.07, 6.45) is 0. The summed E-state index contributed by atoms with van der Waals surface area (Å²) < 4.78 is 0. The first kappa shape index (κ1) is 19.6. The molecule has 0 spiro atoms. The van der Waals surface area contributed by atoms with Crippen molar-refractivity contribution in [2.75, 3.05) is 42.9 Å². The Morgan fingerprint density at radius 3 is 2.48 bits per heavy atom. The fourth-order valence-electron chi connectivity index (χ4n) is 2.91. The first-order chi connectivity index (χ1) is 12.9. The summed E-state index contributed by atoms with van der Waals surface area (Å²) in [4.78, 5) is 26.0. The van der Waals surface area contributed by atoms with Crippen LogP contribution in [-0.2, 0) is 4.79 Å². The van der Waals surface area contributed by atoms with Crippen LogP contribution in [0, 0.1) is 0 Å². The Labute approximate surface area is 164 Å². The van der Waals surface area contributed by atoms with Crippen LogP contribution in [0.3, 0.4) is 0 Å². The second kappa shape index (κ2) is 8.71. The zero-order valence-electron chi connectivity index (χ0n) is 16.3. The van der Waals surface area contributed by atoms with Gasteiger partial charge in [0.05, 0.1) is 6.54 Å². The van der Waals surface area contributed by atoms with Crippen LogP contribution in [0.25, 0.3) is 0 Å². The number of rotatable bonds is 6. The maximum Gasteiger partial charge on any atom is 0.240 e. The predicted molar refractivity (Wildman–Crippen MR) is 107 cm³/mol. The standard InChI is InChI=1S/C18H27N7OS/c1-12(2)14-9-15(21-17(20-14)13(3)4)25-7-5-24(6-8-25)10-16(26)22-18-23-19-11-27-18/h9,11-13H,5-8,10H2,1-4H3,(H,22,23,26). The van der Waals surface area contributed by atoms with Crippen molar-refractivity contribution in [3.63, 3.8) is 0 Å². The molecule has 0 saturated carbocycles. The molecule has 8 nitrogen and oxygen atoms in total. The average molecular weight is 390 g/mol. The molecule has 2 aromatic rings. The van der Waals surface area contributed by atoms with Gasteiger partial charge in [-0.05, 0) is 5.92 Å². The van der Waals surface area contributed by atoms with E-state index in [4.69, 9.17) is 9.97 Å². The monoisotopic (exact) mass is 389 g/mol. The number of aromatic nitrogens is 4. The number of nitrogens with one attached hydrogen (secondary N) is 1. The van der Waals surface area contributed by atoms with Gasteiger partial charge < -0.3 is 4.90 Å². The number of carbonyl (C=O) groups excluding carboxylic acids is 1. The molecule has 9 heteroatoms. The Hall–Kier alpha value is -2.13. The third-order valence-electron chi connectivity index (χ3n) is 4.53. The number of piperazine rings is 1. The molecule has 1 fully saturated rings. The van der Waals surface area contributed by atoms with Crippen LogP contribution in [0.1, 0.15) is 51.0 Å². The van der Waals surface area contributed by atoms with Gasteiger partial charge in [-0.15, -0.1) is 10.2 Å². The fraction of sp³-hybridized carbons (Fsp3) is 0.611. The Balaban J connectivity index is 1.59. The number of hydrogen-bond donors (Lipinski definition) is 1. The van der Waals surface area contributed by atoms with E-state index in [9.17, 15) is 4.79 Å². The lowest BCUT2D eigenvalue weighted by Gasteiger charge is -2.35. The van der Waals surface area contributed by atoms with Crippen LogP contribution >= 0.6 is 11.3 Å². The zero-order valence-corrected chi connectivity index (χ0v) is 17.2. The van der Waals surface area contributed by atoms with Crippen molar-refractivity contribution in [3.05, 3.63) is 23.1 Å². The van der Waals surface area contributed by atoms with E-state index >= 15 is 0 Å². The molecule has 1 amide bonds. The first-order valence-electron chi connectivity index (χ1n) is 9.34. The van der Waals surface area contributed by atoms with Crippen LogP contribution < -0.4 is 10.2 Å². The summed E-state index contributed by atoms with van der Waals surface area (Å²) in [5.74, 6) is 2.51. The fourth-order valence-corrected chi connectivity index (χ4v) is 3.37. The van der Waals surface area contributed by atoms with Crippen molar-refractivity contribution in [3.8, 4) is 0 Å². The van der Waals surface area contributed by atoms with E-state index in [-0.39, 0.29) is 5.91 Å². The molecule has 0 bridgehead atoms. The van der Waals surface area contributed by atoms with Gasteiger partial charge in [-0.3, -0.25) is 15.0 Å². The molecular formula is C18H27N7OS. The molecular weight excluding hydrogens is 362 g/mol. The highest BCUT2D eigenvalue weighted by molar-refractivity contribution is 7.13. The summed E-state index contributed by atoms with van der Waals surface area (Å²) in [6.45, 7) is 12.3. The van der Waals surface area contributed by atoms with E-state index in [1.165, 1.54) is 11.3 Å². The number of anilines is 2. The molecule has 1 aliphatic rings. The van der Waals surface area contributed by atoms with Gasteiger partial charge in [-0.25, -0.2) is 9.97 Å². The van der Waals surface area contributed by atoms with E-state index in [1.807, 2.05) is 0 Å². The highest BCUT2D eigenvalue weighted by Crippen LogP contribution is 2.22. The van der Waals surface area contributed by atoms with E-state index in [1.54, 1.807) is 5.51 Å². The molecule has 1 aliphatic heterocycles. The largest absolute Gasteiger partial charge is 0.354 e. The predicted octanol–water partition coefficient (Wildman–Crippen LogP) is 2.34. The van der Waals surface area contributed by atoms with Gasteiger partial charge in [0.1, 0.15) is 17.2 Å². The lowest BCUT2D eigenvalue weighted by Crippen LogP contribution is -2.49. The van der Waals surface area contributed by atoms with E-state index in [0.29, 0.717) is 23.5 Å². The van der Waals surface area contributed by atoms with Gasteiger partial charge in [0.15, 0.2) is 0 Å². The van der Waals surface area contributed by atoms with Crippen molar-refractivity contribution >= 4 is 28.2 Å². The minimum Gasteiger partial charge on any atom is -0.354 e. The van der Waals surface area contributed by atoms with E-state index in [0.717, 1.165) is 43.5 Å². The Morgan fingerprint density at radius 2 is 1.89 bits per heavy atom. The van der Waals surface area contributed by atoms with Gasteiger partial charge in [0, 0.05) is 43.9 Å². The maximum atomic E-state index is 12.1. The molecule has 0 unspecified atom stereocenters. The number of hydrogen-bond acceptors (Lipinski definition) is 8. The number of carbonyl (C=O) groups is 1. The SMILES string of the molecule is CC(C)c1cc(N2CCN(CC(=O)Nc3nncs3)CC2)nc(C(C)C)n1. The molecule has 1 N–H and O–H groups in total. The lowest BCUT2D eigenvalue weighted by atomic mass is 10.1. The molecule has 1 saturated heterocycles. The minimum absolute atomic E-state index is 0.0496. The van der Waals surface area contributed by atoms with E-state index < -0.39 is 0 Å². The first-order valence-corrected chi connectivity index (χ1v) is 10.2. The van der Waals surface area contributed by atoms with Gasteiger partial charge in [-0.2, -0.15) is 0 Å². The van der Waals surface area contributed by atoms with Gasteiger partial charge in [0.25, 0.3) is 0 Å². The Morgan fingerprint density at radius 1 is 1.15 bits per heavy atom. The summed E-state index contributed by atoms with van der Waals surface area (Å²) in [7, 11) is 0. The Bertz CT molecular complexity index is 729. The van der Waals surface area contributed by atoms with Crippen molar-refractivity contribution in [1.29, 1.82) is 0 Å². The average Bonchev–Trinajstić information content (AvgIpc) is 3.14. The smallest absolute Gasteiger partial charge is 0.240 e. The third kappa shape index (κ3) is 5.20. The second-order valence-corrected chi connectivity index (χ2v) is 8.21. The summed E-state index contributed by atoms with van der Waals surface area (Å²) in [5.41, 5.74) is 2.69. The highest BCUT2D eigenvalue weighted by atomic mass is 32.1. The molecule has 3 heterocycles. The maximum absolute atomic E-state index is 12.1. The molecule has 2 aromatic heterocycles. The molecule has 0 aromatic carbocycles. The highest BCUT2D eigenvalue weighted by Gasteiger charge is 2.22. The van der Waals surface area contributed by atoms with Crippen LogP contribution in [-0.4, -0.2) is 63.7 Å². The normalized spacial score (nSPS) is 15.6. The second-order valence-electron chi connectivity index (χ2n) is 7.37. The zero-order chi connectivity index (χ0) is 19.4. The lowest BCUT2D eigenvalue weighted by molar-refractivity contribution is -0.117. The molecule has 0 aliphatic carbocycles. The summed E-state index contributed by atoms with van der Waals surface area (Å²) >= 11 is 1.32. The minimum atomic E-state index is -0.0496. The van der Waals surface area contributed by atoms with Crippen molar-refractivity contribution in [1.82, 2.24) is 25.1 Å². The molecule has 0 atom stereocenters. The van der Waals surface area contributed by atoms with Crippen LogP contribution in [0.2, 0.25) is 0 Å². The van der Waals surface area contributed by atoms with Gasteiger partial charge in [-0.1, -0.05) is 39.0 Å². The number of nitrogens with zero attached hydrogens (tertiary/aromatic N) is 6. The quantitative estimate of drug-likeness (QED) is 0.811. The van der Waals surface area contributed by atoms with Gasteiger partial charge >= 0.3 is 0 Å². The molecule has 3 rings (SSSR count). The molecule has 27 heavy (non-hydrogen) atoms. The topological polar surface area (TPSA) is 87.1 Å². The van der Waals surface area contributed by atoms with Crippen molar-refractivity contribution in [2.45, 2.75) is 39.5 Å². The van der Waals surface area contributed by atoms with Crippen molar-refractivity contribution in [2.24, 2.45) is 0 Å². The molecule has 0 radical (unpaired) electrons. The van der Waals surface area contributed by atoms with Crippen LogP contribution in [0.15, 0.2) is 11.6 Å².